The van der Waals surface area contributed by atoms with E-state index in [1.807, 2.05) is 63.2 Å². The van der Waals surface area contributed by atoms with Gasteiger partial charge in [-0.25, -0.2) is 0 Å². The molecule has 0 aliphatic carbocycles. The fraction of sp³-hybridized carbons (Fsp3) is 0.125. The Hall–Kier alpha value is -2.68. The summed E-state index contributed by atoms with van der Waals surface area (Å²) in [4.78, 5) is 28.2. The maximum absolute atomic E-state index is 13.3. The molecule has 1 aliphatic heterocycles. The van der Waals surface area contributed by atoms with Crippen LogP contribution in [0.25, 0.3) is 6.08 Å². The molecule has 1 N–H and O–H groups in total. The van der Waals surface area contributed by atoms with E-state index in [0.717, 1.165) is 20.5 Å². The Morgan fingerprint density at radius 3 is 2.41 bits per heavy atom. The standard InChI is InChI=1S/C24H19BrN2O3S2/c1-13-4-7-17(8-5-13)32-23-19(25)12-16(30-23)11-18-21(28)26-24(31)27(22(18)29)20-9-6-14(2)10-15(20)3/h4-12H,1-3H3,(H,26,28,31)/b18-11+. The average molecular weight is 527 g/mol. The van der Waals surface area contributed by atoms with Crippen molar-refractivity contribution in [1.29, 1.82) is 0 Å². The maximum atomic E-state index is 13.3. The summed E-state index contributed by atoms with van der Waals surface area (Å²) in [6.45, 7) is 5.90. The molecule has 8 heteroatoms. The number of benzene rings is 2. The van der Waals surface area contributed by atoms with Crippen molar-refractivity contribution in [2.24, 2.45) is 0 Å². The highest BCUT2D eigenvalue weighted by Crippen LogP contribution is 2.37. The number of nitrogens with zero attached hydrogens (tertiary/aromatic N) is 1. The van der Waals surface area contributed by atoms with Crippen molar-refractivity contribution in [3.05, 3.63) is 81.0 Å². The molecule has 32 heavy (non-hydrogen) atoms. The van der Waals surface area contributed by atoms with Crippen molar-refractivity contribution >= 4 is 68.6 Å². The molecule has 162 valence electrons. The number of anilines is 1. The molecule has 1 saturated heterocycles. The monoisotopic (exact) mass is 526 g/mol. The van der Waals surface area contributed by atoms with Crippen LogP contribution >= 0.6 is 39.9 Å². The first kappa shape index (κ1) is 22.5. The summed E-state index contributed by atoms with van der Waals surface area (Å²) in [5, 5.41) is 3.29. The molecule has 5 nitrogen and oxygen atoms in total. The second-order valence-electron chi connectivity index (χ2n) is 7.45. The summed E-state index contributed by atoms with van der Waals surface area (Å²) in [7, 11) is 0. The number of nitrogens with one attached hydrogen (secondary N) is 1. The highest BCUT2D eigenvalue weighted by atomic mass is 79.9. The highest BCUT2D eigenvalue weighted by Gasteiger charge is 2.35. The number of amides is 2. The van der Waals surface area contributed by atoms with Crippen LogP contribution in [0.3, 0.4) is 0 Å². The molecule has 0 atom stereocenters. The molecule has 1 aliphatic rings. The van der Waals surface area contributed by atoms with Crippen molar-refractivity contribution < 1.29 is 14.0 Å². The highest BCUT2D eigenvalue weighted by molar-refractivity contribution is 9.10. The van der Waals surface area contributed by atoms with Crippen molar-refractivity contribution in [3.8, 4) is 0 Å². The van der Waals surface area contributed by atoms with Gasteiger partial charge in [-0.1, -0.05) is 47.2 Å². The lowest BCUT2D eigenvalue weighted by atomic mass is 10.1. The summed E-state index contributed by atoms with van der Waals surface area (Å²) in [6.07, 6.45) is 1.44. The number of aryl methyl sites for hydroxylation is 3. The SMILES string of the molecule is Cc1ccc(Sc2oc(/C=C3\C(=O)NC(=S)N(c4ccc(C)cc4C)C3=O)cc2Br)cc1. The van der Waals surface area contributed by atoms with Crippen molar-refractivity contribution in [3.63, 3.8) is 0 Å². The van der Waals surface area contributed by atoms with Crippen LogP contribution in [0, 0.1) is 20.8 Å². The Bertz CT molecular complexity index is 1280. The lowest BCUT2D eigenvalue weighted by Gasteiger charge is -2.30. The van der Waals surface area contributed by atoms with E-state index in [4.69, 9.17) is 16.6 Å². The first-order valence-electron chi connectivity index (χ1n) is 9.75. The van der Waals surface area contributed by atoms with Gasteiger partial charge in [-0.15, -0.1) is 0 Å². The van der Waals surface area contributed by atoms with Gasteiger partial charge in [0.15, 0.2) is 10.2 Å². The Balaban J connectivity index is 1.65. The van der Waals surface area contributed by atoms with Gasteiger partial charge < -0.3 is 4.42 Å². The molecule has 1 aromatic heterocycles. The second kappa shape index (κ2) is 9.05. The summed E-state index contributed by atoms with van der Waals surface area (Å²) in [5.74, 6) is -0.661. The van der Waals surface area contributed by atoms with E-state index >= 15 is 0 Å². The van der Waals surface area contributed by atoms with Gasteiger partial charge in [0.25, 0.3) is 11.8 Å². The molecule has 2 aromatic carbocycles. The molecule has 4 rings (SSSR count). The number of thiocarbonyl (C=S) groups is 1. The predicted molar refractivity (Wildman–Crippen MR) is 134 cm³/mol. The van der Waals surface area contributed by atoms with Gasteiger partial charge >= 0.3 is 0 Å². The number of rotatable bonds is 4. The zero-order valence-electron chi connectivity index (χ0n) is 17.6. The van der Waals surface area contributed by atoms with Crippen LogP contribution in [0.2, 0.25) is 0 Å². The lowest BCUT2D eigenvalue weighted by Crippen LogP contribution is -2.54. The van der Waals surface area contributed by atoms with Gasteiger partial charge in [-0.2, -0.15) is 0 Å². The molecule has 0 spiro atoms. The number of furan rings is 1. The normalized spacial score (nSPS) is 15.4. The molecule has 0 unspecified atom stereocenters. The van der Waals surface area contributed by atoms with Crippen LogP contribution in [0.15, 0.2) is 73.0 Å². The minimum Gasteiger partial charge on any atom is -0.449 e. The fourth-order valence-electron chi connectivity index (χ4n) is 3.30. The number of hydrogen-bond acceptors (Lipinski definition) is 5. The van der Waals surface area contributed by atoms with Crippen LogP contribution in [-0.4, -0.2) is 16.9 Å². The predicted octanol–water partition coefficient (Wildman–Crippen LogP) is 5.95. The molecule has 2 heterocycles. The minimum atomic E-state index is -0.554. The zero-order valence-corrected chi connectivity index (χ0v) is 20.8. The van der Waals surface area contributed by atoms with E-state index in [0.29, 0.717) is 16.5 Å². The Morgan fingerprint density at radius 1 is 1.03 bits per heavy atom. The van der Waals surface area contributed by atoms with E-state index in [1.165, 1.54) is 28.3 Å². The summed E-state index contributed by atoms with van der Waals surface area (Å²) < 4.78 is 6.65. The van der Waals surface area contributed by atoms with Crippen LogP contribution < -0.4 is 10.2 Å². The molecule has 1 fully saturated rings. The van der Waals surface area contributed by atoms with Crippen LogP contribution in [-0.2, 0) is 9.59 Å². The van der Waals surface area contributed by atoms with Crippen LogP contribution in [0.1, 0.15) is 22.5 Å². The lowest BCUT2D eigenvalue weighted by molar-refractivity contribution is -0.122. The summed E-state index contributed by atoms with van der Waals surface area (Å²) >= 11 is 10.2. The molecule has 2 amide bonds. The van der Waals surface area contributed by atoms with E-state index in [9.17, 15) is 9.59 Å². The molecule has 3 aromatic rings. The largest absolute Gasteiger partial charge is 0.449 e. The smallest absolute Gasteiger partial charge is 0.270 e. The number of hydrogen-bond donors (Lipinski definition) is 1. The maximum Gasteiger partial charge on any atom is 0.270 e. The van der Waals surface area contributed by atoms with E-state index in [2.05, 4.69) is 21.2 Å². The Kier molecular flexibility index (Phi) is 6.37. The molecule has 0 radical (unpaired) electrons. The number of carbonyl (C=O) groups is 2. The van der Waals surface area contributed by atoms with Gasteiger partial charge in [-0.3, -0.25) is 19.8 Å². The van der Waals surface area contributed by atoms with Crippen molar-refractivity contribution in [2.45, 2.75) is 30.8 Å². The molecular weight excluding hydrogens is 508 g/mol. The zero-order chi connectivity index (χ0) is 23.0. The number of halogens is 1. The van der Waals surface area contributed by atoms with Crippen molar-refractivity contribution in [2.75, 3.05) is 4.90 Å². The topological polar surface area (TPSA) is 62.6 Å². The summed E-state index contributed by atoms with van der Waals surface area (Å²) in [6, 6.07) is 15.5. The van der Waals surface area contributed by atoms with Gasteiger partial charge in [0.05, 0.1) is 10.2 Å². The van der Waals surface area contributed by atoms with Gasteiger partial charge in [0.1, 0.15) is 11.3 Å². The third kappa shape index (κ3) is 4.57. The van der Waals surface area contributed by atoms with E-state index in [-0.39, 0.29) is 10.7 Å². The first-order valence-corrected chi connectivity index (χ1v) is 11.8. The summed E-state index contributed by atoms with van der Waals surface area (Å²) in [5.41, 5.74) is 3.71. The Labute approximate surface area is 204 Å². The van der Waals surface area contributed by atoms with E-state index < -0.39 is 11.8 Å². The quantitative estimate of drug-likeness (QED) is 0.258. The van der Waals surface area contributed by atoms with E-state index in [1.54, 1.807) is 6.07 Å². The molecule has 0 bridgehead atoms. The van der Waals surface area contributed by atoms with Gasteiger partial charge in [0.2, 0.25) is 0 Å². The first-order chi connectivity index (χ1) is 15.2. The van der Waals surface area contributed by atoms with Gasteiger partial charge in [-0.05, 0) is 84.8 Å². The second-order valence-corrected chi connectivity index (χ2v) is 9.73. The van der Waals surface area contributed by atoms with Crippen LogP contribution in [0.4, 0.5) is 5.69 Å². The average Bonchev–Trinajstić information content (AvgIpc) is 3.07. The minimum absolute atomic E-state index is 0.0493. The third-order valence-corrected chi connectivity index (χ3v) is 7.02. The third-order valence-electron chi connectivity index (χ3n) is 4.89. The molecular formula is C24H19BrN2O3S2. The number of carbonyl (C=O) groups excluding carboxylic acids is 2. The van der Waals surface area contributed by atoms with Crippen molar-refractivity contribution in [1.82, 2.24) is 5.32 Å². The molecule has 0 saturated carbocycles. The van der Waals surface area contributed by atoms with Gasteiger partial charge in [0, 0.05) is 4.90 Å². The van der Waals surface area contributed by atoms with Crippen LogP contribution in [0.5, 0.6) is 0 Å². The fourth-order valence-corrected chi connectivity index (χ4v) is 4.90. The Morgan fingerprint density at radius 2 is 1.72 bits per heavy atom.